The minimum atomic E-state index is -0.380. The number of halogens is 2. The molecule has 118 valence electrons. The molecule has 4 nitrogen and oxygen atoms in total. The average Bonchev–Trinajstić information content (AvgIpc) is 2.95. The molecule has 3 rings (SSSR count). The summed E-state index contributed by atoms with van der Waals surface area (Å²) in [5, 5.41) is 3.23. The number of fused-ring (bicyclic) bond motifs is 1. The molecule has 0 bridgehead atoms. The molecule has 23 heavy (non-hydrogen) atoms. The molecule has 1 amide bonds. The highest BCUT2D eigenvalue weighted by Gasteiger charge is 2.14. The van der Waals surface area contributed by atoms with Gasteiger partial charge in [0.2, 0.25) is 5.91 Å². The fourth-order valence-corrected chi connectivity index (χ4v) is 3.02. The second-order valence-corrected chi connectivity index (χ2v) is 6.00. The Labute approximate surface area is 135 Å². The van der Waals surface area contributed by atoms with Gasteiger partial charge in [-0.3, -0.25) is 4.79 Å². The zero-order valence-electron chi connectivity index (χ0n) is 12.2. The average molecular weight is 333 g/mol. The molecular formula is C16H13F2N3OS. The van der Waals surface area contributed by atoms with Crippen LogP contribution in [0.4, 0.5) is 19.6 Å². The Morgan fingerprint density at radius 1 is 1.22 bits per heavy atom. The number of rotatable bonds is 4. The van der Waals surface area contributed by atoms with Crippen molar-refractivity contribution in [2.24, 2.45) is 0 Å². The Balaban J connectivity index is 1.69. The van der Waals surface area contributed by atoms with Gasteiger partial charge in [-0.2, -0.15) is 0 Å². The lowest BCUT2D eigenvalue weighted by atomic mass is 10.3. The van der Waals surface area contributed by atoms with Crippen molar-refractivity contribution in [3.63, 3.8) is 0 Å². The summed E-state index contributed by atoms with van der Waals surface area (Å²) >= 11 is 1.32. The van der Waals surface area contributed by atoms with E-state index in [9.17, 15) is 13.6 Å². The molecule has 0 saturated heterocycles. The van der Waals surface area contributed by atoms with E-state index in [1.165, 1.54) is 41.7 Å². The van der Waals surface area contributed by atoms with Gasteiger partial charge >= 0.3 is 0 Å². The molecule has 0 aliphatic heterocycles. The first kappa shape index (κ1) is 15.4. The maximum absolute atomic E-state index is 13.7. The van der Waals surface area contributed by atoms with Crippen LogP contribution < -0.4 is 10.2 Å². The van der Waals surface area contributed by atoms with Gasteiger partial charge in [-0.25, -0.2) is 13.8 Å². The van der Waals surface area contributed by atoms with Crippen LogP contribution in [0.5, 0.6) is 0 Å². The van der Waals surface area contributed by atoms with Gasteiger partial charge in [-0.05, 0) is 36.4 Å². The van der Waals surface area contributed by atoms with E-state index in [1.807, 2.05) is 0 Å². The number of nitrogens with zero attached hydrogens (tertiary/aromatic N) is 2. The smallest absolute Gasteiger partial charge is 0.243 e. The van der Waals surface area contributed by atoms with E-state index in [-0.39, 0.29) is 24.1 Å². The van der Waals surface area contributed by atoms with Gasteiger partial charge in [0.1, 0.15) is 17.2 Å². The van der Waals surface area contributed by atoms with Gasteiger partial charge in [0, 0.05) is 12.7 Å². The summed E-state index contributed by atoms with van der Waals surface area (Å²) in [6.07, 6.45) is 0. The quantitative estimate of drug-likeness (QED) is 0.793. The van der Waals surface area contributed by atoms with E-state index in [0.717, 1.165) is 4.70 Å². The van der Waals surface area contributed by atoms with Gasteiger partial charge < -0.3 is 10.2 Å². The molecule has 0 aliphatic carbocycles. The van der Waals surface area contributed by atoms with Crippen molar-refractivity contribution in [3.8, 4) is 0 Å². The van der Waals surface area contributed by atoms with Crippen LogP contribution in [0.25, 0.3) is 10.2 Å². The number of hydrogen-bond acceptors (Lipinski definition) is 4. The summed E-state index contributed by atoms with van der Waals surface area (Å²) in [5.74, 6) is -1.01. The normalized spacial score (nSPS) is 10.7. The van der Waals surface area contributed by atoms with Gasteiger partial charge in [-0.1, -0.05) is 17.4 Å². The standard InChI is InChI=1S/C16H13F2N3OS/c1-21(9-14(22)19-11-7-5-10(17)6-8-11)16-20-15-12(18)3-2-4-13(15)23-16/h2-8H,9H2,1H3,(H,19,22). The van der Waals surface area contributed by atoms with Crippen molar-refractivity contribution in [1.29, 1.82) is 0 Å². The highest BCUT2D eigenvalue weighted by Crippen LogP contribution is 2.29. The number of amides is 1. The zero-order chi connectivity index (χ0) is 16.4. The highest BCUT2D eigenvalue weighted by molar-refractivity contribution is 7.22. The molecule has 2 aromatic carbocycles. The Morgan fingerprint density at radius 3 is 2.65 bits per heavy atom. The van der Waals surface area contributed by atoms with Crippen LogP contribution in [0.15, 0.2) is 42.5 Å². The highest BCUT2D eigenvalue weighted by atomic mass is 32.1. The molecule has 0 atom stereocenters. The number of carbonyl (C=O) groups is 1. The molecular weight excluding hydrogens is 320 g/mol. The molecule has 7 heteroatoms. The third kappa shape index (κ3) is 3.45. The Morgan fingerprint density at radius 2 is 1.96 bits per heavy atom. The van der Waals surface area contributed by atoms with Crippen molar-refractivity contribution in [1.82, 2.24) is 4.98 Å². The number of carbonyl (C=O) groups excluding carboxylic acids is 1. The molecule has 0 fully saturated rings. The summed E-state index contributed by atoms with van der Waals surface area (Å²) in [4.78, 5) is 17.9. The van der Waals surface area contributed by atoms with E-state index in [1.54, 1.807) is 24.1 Å². The minimum Gasteiger partial charge on any atom is -0.342 e. The van der Waals surface area contributed by atoms with Crippen LogP contribution in [-0.4, -0.2) is 24.5 Å². The fraction of sp³-hybridized carbons (Fsp3) is 0.125. The van der Waals surface area contributed by atoms with Crippen molar-refractivity contribution >= 4 is 38.3 Å². The molecule has 0 spiro atoms. The second kappa shape index (κ2) is 6.29. The van der Waals surface area contributed by atoms with Crippen molar-refractivity contribution in [2.75, 3.05) is 23.8 Å². The number of benzene rings is 2. The van der Waals surface area contributed by atoms with Crippen LogP contribution in [0.3, 0.4) is 0 Å². The van der Waals surface area contributed by atoms with Crippen molar-refractivity contribution in [2.45, 2.75) is 0 Å². The molecule has 0 aliphatic rings. The van der Waals surface area contributed by atoms with Gasteiger partial charge in [0.05, 0.1) is 11.2 Å². The van der Waals surface area contributed by atoms with Crippen LogP contribution in [0, 0.1) is 11.6 Å². The van der Waals surface area contributed by atoms with Gasteiger partial charge in [0.15, 0.2) is 5.13 Å². The topological polar surface area (TPSA) is 45.2 Å². The maximum atomic E-state index is 13.7. The van der Waals surface area contributed by atoms with Crippen LogP contribution in [0.1, 0.15) is 0 Å². The second-order valence-electron chi connectivity index (χ2n) is 4.99. The van der Waals surface area contributed by atoms with Crippen LogP contribution >= 0.6 is 11.3 Å². The molecule has 0 unspecified atom stereocenters. The summed E-state index contributed by atoms with van der Waals surface area (Å²) in [5.41, 5.74) is 0.818. The summed E-state index contributed by atoms with van der Waals surface area (Å²) < 4.78 is 27.2. The first-order valence-electron chi connectivity index (χ1n) is 6.84. The lowest BCUT2D eigenvalue weighted by Crippen LogP contribution is -2.29. The first-order chi connectivity index (χ1) is 11.0. The number of para-hydroxylation sites is 1. The predicted molar refractivity (Wildman–Crippen MR) is 87.9 cm³/mol. The SMILES string of the molecule is CN(CC(=O)Nc1ccc(F)cc1)c1nc2c(F)cccc2s1. The zero-order valence-corrected chi connectivity index (χ0v) is 13.0. The number of thiazole rings is 1. The summed E-state index contributed by atoms with van der Waals surface area (Å²) in [6.45, 7) is 0.0544. The van der Waals surface area contributed by atoms with Gasteiger partial charge in [-0.15, -0.1) is 0 Å². The third-order valence-corrected chi connectivity index (χ3v) is 4.33. The Kier molecular flexibility index (Phi) is 4.20. The summed E-state index contributed by atoms with van der Waals surface area (Å²) in [6, 6.07) is 10.3. The number of hydrogen-bond donors (Lipinski definition) is 1. The van der Waals surface area contributed by atoms with E-state index in [4.69, 9.17) is 0 Å². The number of likely N-dealkylation sites (N-methyl/N-ethyl adjacent to an activating group) is 1. The Hall–Kier alpha value is -2.54. The van der Waals surface area contributed by atoms with Crippen LogP contribution in [-0.2, 0) is 4.79 Å². The van der Waals surface area contributed by atoms with E-state index < -0.39 is 0 Å². The molecule has 1 N–H and O–H groups in total. The monoisotopic (exact) mass is 333 g/mol. The van der Waals surface area contributed by atoms with E-state index in [0.29, 0.717) is 16.3 Å². The van der Waals surface area contributed by atoms with E-state index in [2.05, 4.69) is 10.3 Å². The predicted octanol–water partition coefficient (Wildman–Crippen LogP) is 3.65. The molecule has 0 radical (unpaired) electrons. The fourth-order valence-electron chi connectivity index (χ4n) is 2.08. The largest absolute Gasteiger partial charge is 0.342 e. The van der Waals surface area contributed by atoms with E-state index >= 15 is 0 Å². The minimum absolute atomic E-state index is 0.0544. The van der Waals surface area contributed by atoms with Crippen LogP contribution in [0.2, 0.25) is 0 Å². The first-order valence-corrected chi connectivity index (χ1v) is 7.66. The van der Waals surface area contributed by atoms with Crippen molar-refractivity contribution < 1.29 is 13.6 Å². The summed E-state index contributed by atoms with van der Waals surface area (Å²) in [7, 11) is 1.71. The number of anilines is 2. The lowest BCUT2D eigenvalue weighted by molar-refractivity contribution is -0.114. The molecule has 3 aromatic rings. The Bertz CT molecular complexity index is 848. The molecule has 1 aromatic heterocycles. The number of nitrogens with one attached hydrogen (secondary N) is 1. The number of aromatic nitrogens is 1. The lowest BCUT2D eigenvalue weighted by Gasteiger charge is -2.15. The van der Waals surface area contributed by atoms with Crippen molar-refractivity contribution in [3.05, 3.63) is 54.1 Å². The maximum Gasteiger partial charge on any atom is 0.243 e. The third-order valence-electron chi connectivity index (χ3n) is 3.19. The van der Waals surface area contributed by atoms with Gasteiger partial charge in [0.25, 0.3) is 0 Å². The molecule has 0 saturated carbocycles. The molecule has 1 heterocycles.